The highest BCUT2D eigenvalue weighted by Gasteiger charge is 2.23. The molecule has 0 aliphatic carbocycles. The molecule has 3 heterocycles. The molecule has 1 aliphatic rings. The number of pyridine rings is 1. The number of aromatic nitrogens is 1. The standard InChI is InChI=1S/C15H20N4O2S2/c1-17-8-3-5-19(6-4-8)10-7-9(22-2)11-12(16)13(15(20)21)23-14(11)18-10/h7-8,17H,3-6,16H2,1-2H3,(H,20,21). The van der Waals surface area contributed by atoms with Crippen LogP contribution in [0.4, 0.5) is 11.5 Å². The number of hydrogen-bond donors (Lipinski definition) is 3. The van der Waals surface area contributed by atoms with E-state index < -0.39 is 5.97 Å². The lowest BCUT2D eigenvalue weighted by Gasteiger charge is -2.32. The Labute approximate surface area is 143 Å². The van der Waals surface area contributed by atoms with Gasteiger partial charge in [0.25, 0.3) is 0 Å². The number of nitrogens with one attached hydrogen (secondary N) is 1. The minimum atomic E-state index is -0.992. The summed E-state index contributed by atoms with van der Waals surface area (Å²) in [5.74, 6) is -0.0801. The van der Waals surface area contributed by atoms with E-state index in [4.69, 9.17) is 5.73 Å². The summed E-state index contributed by atoms with van der Waals surface area (Å²) < 4.78 is 0. The number of nitrogens with two attached hydrogens (primary N) is 1. The largest absolute Gasteiger partial charge is 0.477 e. The van der Waals surface area contributed by atoms with Crippen LogP contribution >= 0.6 is 23.1 Å². The molecule has 2 aromatic heterocycles. The van der Waals surface area contributed by atoms with Gasteiger partial charge in [-0.2, -0.15) is 0 Å². The number of carboxylic acid groups (broad SMARTS) is 1. The van der Waals surface area contributed by atoms with Gasteiger partial charge < -0.3 is 21.1 Å². The zero-order chi connectivity index (χ0) is 16.6. The van der Waals surface area contributed by atoms with Crippen molar-refractivity contribution in [2.75, 3.05) is 37.0 Å². The number of thiophene rings is 1. The summed E-state index contributed by atoms with van der Waals surface area (Å²) >= 11 is 2.73. The summed E-state index contributed by atoms with van der Waals surface area (Å²) in [5.41, 5.74) is 6.36. The molecule has 0 unspecified atom stereocenters. The van der Waals surface area contributed by atoms with Crippen LogP contribution in [0, 0.1) is 0 Å². The number of carbonyl (C=O) groups is 1. The SMILES string of the molecule is CNC1CCN(c2cc(SC)c3c(N)c(C(=O)O)sc3n2)CC1. The van der Waals surface area contributed by atoms with Crippen LogP contribution in [0.1, 0.15) is 22.5 Å². The first-order valence-electron chi connectivity index (χ1n) is 7.47. The minimum absolute atomic E-state index is 0.175. The molecule has 0 amide bonds. The second-order valence-electron chi connectivity index (χ2n) is 5.56. The number of rotatable bonds is 4. The predicted molar refractivity (Wildman–Crippen MR) is 97.1 cm³/mol. The Morgan fingerprint density at radius 2 is 2.22 bits per heavy atom. The van der Waals surface area contributed by atoms with Crippen LogP contribution in [0.2, 0.25) is 0 Å². The fraction of sp³-hybridized carbons (Fsp3) is 0.467. The summed E-state index contributed by atoms with van der Waals surface area (Å²) in [5, 5.41) is 13.4. The molecule has 0 saturated carbocycles. The molecule has 0 bridgehead atoms. The average molecular weight is 352 g/mol. The van der Waals surface area contributed by atoms with Gasteiger partial charge in [0.1, 0.15) is 15.5 Å². The molecule has 0 atom stereocenters. The van der Waals surface area contributed by atoms with E-state index in [1.165, 1.54) is 0 Å². The third-order valence-electron chi connectivity index (χ3n) is 4.29. The summed E-state index contributed by atoms with van der Waals surface area (Å²) in [6, 6.07) is 2.59. The zero-order valence-corrected chi connectivity index (χ0v) is 14.8. The highest BCUT2D eigenvalue weighted by atomic mass is 32.2. The number of thioether (sulfide) groups is 1. The molecule has 0 spiro atoms. The van der Waals surface area contributed by atoms with Gasteiger partial charge in [0.15, 0.2) is 0 Å². The molecule has 1 saturated heterocycles. The zero-order valence-electron chi connectivity index (χ0n) is 13.1. The Bertz CT molecular complexity index is 739. The van der Waals surface area contributed by atoms with Gasteiger partial charge in [-0.05, 0) is 32.2 Å². The summed E-state index contributed by atoms with van der Waals surface area (Å²) in [7, 11) is 2.00. The molecule has 1 fully saturated rings. The minimum Gasteiger partial charge on any atom is -0.477 e. The van der Waals surface area contributed by atoms with Gasteiger partial charge in [-0.1, -0.05) is 0 Å². The van der Waals surface area contributed by atoms with E-state index in [1.807, 2.05) is 19.4 Å². The molecule has 8 heteroatoms. The first kappa shape index (κ1) is 16.4. The number of hydrogen-bond acceptors (Lipinski definition) is 7. The highest BCUT2D eigenvalue weighted by molar-refractivity contribution is 7.98. The van der Waals surface area contributed by atoms with Crippen LogP contribution in [0.5, 0.6) is 0 Å². The number of piperidine rings is 1. The van der Waals surface area contributed by atoms with Crippen LogP contribution in [0.15, 0.2) is 11.0 Å². The fourth-order valence-corrected chi connectivity index (χ4v) is 4.61. The molecular weight excluding hydrogens is 332 g/mol. The molecule has 3 rings (SSSR count). The van der Waals surface area contributed by atoms with Gasteiger partial charge in [0.05, 0.1) is 5.69 Å². The Kier molecular flexibility index (Phi) is 4.65. The second kappa shape index (κ2) is 6.54. The van der Waals surface area contributed by atoms with Crippen molar-refractivity contribution < 1.29 is 9.90 Å². The number of carboxylic acids is 1. The second-order valence-corrected chi connectivity index (χ2v) is 7.41. The average Bonchev–Trinajstić information content (AvgIpc) is 2.91. The van der Waals surface area contributed by atoms with E-state index in [0.29, 0.717) is 16.6 Å². The lowest BCUT2D eigenvalue weighted by Crippen LogP contribution is -2.41. The fourth-order valence-electron chi connectivity index (χ4n) is 2.95. The number of nitrogen functional groups attached to an aromatic ring is 1. The van der Waals surface area contributed by atoms with Crippen molar-refractivity contribution in [3.63, 3.8) is 0 Å². The number of aromatic carboxylic acids is 1. The smallest absolute Gasteiger partial charge is 0.348 e. The van der Waals surface area contributed by atoms with Gasteiger partial charge >= 0.3 is 5.97 Å². The van der Waals surface area contributed by atoms with Crippen LogP contribution < -0.4 is 16.0 Å². The maximum Gasteiger partial charge on any atom is 0.348 e. The van der Waals surface area contributed by atoms with Crippen molar-refractivity contribution in [3.8, 4) is 0 Å². The van der Waals surface area contributed by atoms with Crippen LogP contribution in [-0.4, -0.2) is 48.5 Å². The molecule has 23 heavy (non-hydrogen) atoms. The molecule has 124 valence electrons. The maximum atomic E-state index is 11.3. The molecule has 6 nitrogen and oxygen atoms in total. The Hall–Kier alpha value is -1.51. The van der Waals surface area contributed by atoms with Gasteiger partial charge in [-0.15, -0.1) is 23.1 Å². The lowest BCUT2D eigenvalue weighted by molar-refractivity contribution is 0.0703. The van der Waals surface area contributed by atoms with Gasteiger partial charge in [0.2, 0.25) is 0 Å². The quantitative estimate of drug-likeness (QED) is 0.728. The van der Waals surface area contributed by atoms with Crippen LogP contribution in [-0.2, 0) is 0 Å². The lowest BCUT2D eigenvalue weighted by atomic mass is 10.1. The third kappa shape index (κ3) is 2.98. The van der Waals surface area contributed by atoms with E-state index in [-0.39, 0.29) is 4.88 Å². The number of fused-ring (bicyclic) bond motifs is 1. The van der Waals surface area contributed by atoms with Crippen molar-refractivity contribution >= 4 is 50.8 Å². The van der Waals surface area contributed by atoms with E-state index in [2.05, 4.69) is 15.2 Å². The number of nitrogens with zero attached hydrogens (tertiary/aromatic N) is 2. The first-order chi connectivity index (χ1) is 11.0. The topological polar surface area (TPSA) is 91.5 Å². The first-order valence-corrected chi connectivity index (χ1v) is 9.51. The summed E-state index contributed by atoms with van der Waals surface area (Å²) in [4.78, 5) is 20.2. The third-order valence-corrected chi connectivity index (χ3v) is 6.14. The normalized spacial score (nSPS) is 16.2. The molecule has 2 aromatic rings. The summed E-state index contributed by atoms with van der Waals surface area (Å²) in [6.45, 7) is 1.90. The van der Waals surface area contributed by atoms with Crippen molar-refractivity contribution in [1.82, 2.24) is 10.3 Å². The Morgan fingerprint density at radius 1 is 1.52 bits per heavy atom. The molecule has 4 N–H and O–H groups in total. The van der Waals surface area contributed by atoms with E-state index >= 15 is 0 Å². The van der Waals surface area contributed by atoms with E-state index in [9.17, 15) is 9.90 Å². The number of anilines is 2. The van der Waals surface area contributed by atoms with Crippen LogP contribution in [0.3, 0.4) is 0 Å². The molecule has 1 aliphatic heterocycles. The van der Waals surface area contributed by atoms with Gasteiger partial charge in [-0.3, -0.25) is 0 Å². The monoisotopic (exact) mass is 352 g/mol. The molecule has 0 radical (unpaired) electrons. The van der Waals surface area contributed by atoms with Crippen molar-refractivity contribution in [2.24, 2.45) is 0 Å². The van der Waals surface area contributed by atoms with Crippen molar-refractivity contribution in [2.45, 2.75) is 23.8 Å². The van der Waals surface area contributed by atoms with E-state index in [1.54, 1.807) is 11.8 Å². The molecular formula is C15H20N4O2S2. The van der Waals surface area contributed by atoms with Gasteiger partial charge in [-0.25, -0.2) is 9.78 Å². The van der Waals surface area contributed by atoms with Crippen molar-refractivity contribution in [3.05, 3.63) is 10.9 Å². The van der Waals surface area contributed by atoms with Crippen LogP contribution in [0.25, 0.3) is 10.2 Å². The Balaban J connectivity index is 2.01. The van der Waals surface area contributed by atoms with E-state index in [0.717, 1.165) is 53.4 Å². The summed E-state index contributed by atoms with van der Waals surface area (Å²) in [6.07, 6.45) is 4.14. The maximum absolute atomic E-state index is 11.3. The van der Waals surface area contributed by atoms with Gasteiger partial charge in [0, 0.05) is 29.4 Å². The Morgan fingerprint density at radius 3 is 2.78 bits per heavy atom. The van der Waals surface area contributed by atoms with Crippen molar-refractivity contribution in [1.29, 1.82) is 0 Å². The highest BCUT2D eigenvalue weighted by Crippen LogP contribution is 2.40. The molecule has 0 aromatic carbocycles. The predicted octanol–water partition coefficient (Wildman–Crippen LogP) is 2.49.